The first-order valence-corrected chi connectivity index (χ1v) is 6.86. The molecule has 6 heteroatoms. The second-order valence-electron chi connectivity index (χ2n) is 4.77. The van der Waals surface area contributed by atoms with Crippen LogP contribution in [0, 0.1) is 0 Å². The first-order chi connectivity index (χ1) is 11.2. The summed E-state index contributed by atoms with van der Waals surface area (Å²) in [4.78, 5) is 15.0. The van der Waals surface area contributed by atoms with Crippen LogP contribution in [0.3, 0.4) is 0 Å². The number of hydrogen-bond acceptors (Lipinski definition) is 5. The molecule has 0 saturated heterocycles. The quantitative estimate of drug-likeness (QED) is 0.746. The lowest BCUT2D eigenvalue weighted by Gasteiger charge is -2.04. The highest BCUT2D eigenvalue weighted by atomic mass is 16.5. The lowest BCUT2D eigenvalue weighted by atomic mass is 10.1. The van der Waals surface area contributed by atoms with Gasteiger partial charge in [0.2, 0.25) is 0 Å². The molecular formula is C17H14N2O4. The lowest BCUT2D eigenvalue weighted by molar-refractivity contribution is 0.0697. The molecule has 0 radical (unpaired) electrons. The molecule has 0 spiro atoms. The van der Waals surface area contributed by atoms with Crippen LogP contribution < -0.4 is 10.1 Å². The van der Waals surface area contributed by atoms with Crippen molar-refractivity contribution in [2.75, 3.05) is 12.4 Å². The van der Waals surface area contributed by atoms with Crippen LogP contribution >= 0.6 is 0 Å². The highest BCUT2D eigenvalue weighted by molar-refractivity contribution is 5.88. The van der Waals surface area contributed by atoms with Crippen molar-refractivity contribution in [3.05, 3.63) is 60.3 Å². The third-order valence-electron chi connectivity index (χ3n) is 3.24. The third-order valence-corrected chi connectivity index (χ3v) is 3.24. The number of carboxylic acids is 1. The van der Waals surface area contributed by atoms with Crippen molar-refractivity contribution in [3.8, 4) is 17.1 Å². The minimum atomic E-state index is -0.963. The van der Waals surface area contributed by atoms with Gasteiger partial charge in [-0.2, -0.15) is 0 Å². The minimum Gasteiger partial charge on any atom is -0.497 e. The molecule has 23 heavy (non-hydrogen) atoms. The molecule has 2 aromatic carbocycles. The number of nitrogens with one attached hydrogen (secondary N) is 1. The summed E-state index contributed by atoms with van der Waals surface area (Å²) in [7, 11) is 1.60. The molecule has 6 nitrogen and oxygen atoms in total. The van der Waals surface area contributed by atoms with E-state index in [4.69, 9.17) is 14.3 Å². The molecular weight excluding hydrogens is 296 g/mol. The summed E-state index contributed by atoms with van der Waals surface area (Å²) in [6.07, 6.45) is 1.58. The first-order valence-electron chi connectivity index (χ1n) is 6.86. The summed E-state index contributed by atoms with van der Waals surface area (Å²) >= 11 is 0. The summed E-state index contributed by atoms with van der Waals surface area (Å²) in [6, 6.07) is 14.1. The Labute approximate surface area is 132 Å². The van der Waals surface area contributed by atoms with Gasteiger partial charge in [0, 0.05) is 17.3 Å². The van der Waals surface area contributed by atoms with Crippen molar-refractivity contribution >= 4 is 17.7 Å². The number of nitrogens with zero attached hydrogens (tertiary/aromatic N) is 1. The van der Waals surface area contributed by atoms with Crippen LogP contribution in [0.15, 0.2) is 59.1 Å². The minimum absolute atomic E-state index is 0.225. The van der Waals surface area contributed by atoms with Crippen LogP contribution in [0.1, 0.15) is 10.4 Å². The largest absolute Gasteiger partial charge is 0.497 e. The molecule has 0 aliphatic rings. The Morgan fingerprint density at radius 3 is 2.70 bits per heavy atom. The zero-order valence-corrected chi connectivity index (χ0v) is 12.3. The number of aromatic carboxylic acids is 1. The van der Waals surface area contributed by atoms with Gasteiger partial charge in [-0.3, -0.25) is 0 Å². The van der Waals surface area contributed by atoms with E-state index >= 15 is 0 Å². The van der Waals surface area contributed by atoms with Crippen molar-refractivity contribution in [2.45, 2.75) is 0 Å². The predicted molar refractivity (Wildman–Crippen MR) is 85.2 cm³/mol. The van der Waals surface area contributed by atoms with E-state index in [9.17, 15) is 4.79 Å². The van der Waals surface area contributed by atoms with Crippen molar-refractivity contribution < 1.29 is 19.1 Å². The van der Waals surface area contributed by atoms with Gasteiger partial charge in [0.05, 0.1) is 18.9 Å². The number of methoxy groups -OCH3 is 1. The number of rotatable bonds is 5. The number of benzene rings is 2. The van der Waals surface area contributed by atoms with Crippen molar-refractivity contribution in [1.82, 2.24) is 4.98 Å². The predicted octanol–water partition coefficient (Wildman–Crippen LogP) is 3.79. The van der Waals surface area contributed by atoms with E-state index in [1.54, 1.807) is 25.4 Å². The fourth-order valence-corrected chi connectivity index (χ4v) is 2.07. The summed E-state index contributed by atoms with van der Waals surface area (Å²) < 4.78 is 10.8. The van der Waals surface area contributed by atoms with Crippen LogP contribution in [0.4, 0.5) is 11.7 Å². The van der Waals surface area contributed by atoms with Gasteiger partial charge in [-0.1, -0.05) is 18.2 Å². The van der Waals surface area contributed by atoms with Gasteiger partial charge in [-0.15, -0.1) is 0 Å². The highest BCUT2D eigenvalue weighted by Crippen LogP contribution is 2.26. The molecule has 0 unspecified atom stereocenters. The molecule has 1 heterocycles. The third kappa shape index (κ3) is 3.32. The molecule has 0 bridgehead atoms. The van der Waals surface area contributed by atoms with Crippen LogP contribution in [0.2, 0.25) is 0 Å². The molecule has 116 valence electrons. The number of oxazole rings is 1. The number of aromatic nitrogens is 1. The molecule has 1 aromatic heterocycles. The normalized spacial score (nSPS) is 10.3. The molecule has 3 aromatic rings. The monoisotopic (exact) mass is 310 g/mol. The number of ether oxygens (including phenoxy) is 1. The van der Waals surface area contributed by atoms with Crippen LogP contribution in [-0.2, 0) is 0 Å². The highest BCUT2D eigenvalue weighted by Gasteiger charge is 2.08. The Balaban J connectivity index is 1.78. The average molecular weight is 310 g/mol. The number of anilines is 2. The zero-order chi connectivity index (χ0) is 16.2. The van der Waals surface area contributed by atoms with Gasteiger partial charge in [0.1, 0.15) is 5.75 Å². The fraction of sp³-hybridized carbons (Fsp3) is 0.0588. The summed E-state index contributed by atoms with van der Waals surface area (Å²) in [5, 5.41) is 11.9. The van der Waals surface area contributed by atoms with Gasteiger partial charge < -0.3 is 19.6 Å². The first kappa shape index (κ1) is 14.6. The van der Waals surface area contributed by atoms with E-state index in [1.807, 2.05) is 24.3 Å². The topological polar surface area (TPSA) is 84.6 Å². The van der Waals surface area contributed by atoms with Crippen molar-refractivity contribution in [3.63, 3.8) is 0 Å². The van der Waals surface area contributed by atoms with Gasteiger partial charge in [-0.25, -0.2) is 9.78 Å². The van der Waals surface area contributed by atoms with Gasteiger partial charge in [-0.05, 0) is 24.3 Å². The summed E-state index contributed by atoms with van der Waals surface area (Å²) in [6.45, 7) is 0. The smallest absolute Gasteiger partial charge is 0.335 e. The average Bonchev–Trinajstić information content (AvgIpc) is 3.03. The van der Waals surface area contributed by atoms with E-state index in [1.165, 1.54) is 12.1 Å². The summed E-state index contributed by atoms with van der Waals surface area (Å²) in [5.41, 5.74) is 1.77. The molecule has 0 fully saturated rings. The van der Waals surface area contributed by atoms with Gasteiger partial charge in [0.25, 0.3) is 6.01 Å². The second kappa shape index (κ2) is 6.23. The number of hydrogen-bond donors (Lipinski definition) is 2. The lowest BCUT2D eigenvalue weighted by Crippen LogP contribution is -1.94. The Bertz CT molecular complexity index is 825. The maximum absolute atomic E-state index is 10.9. The fourth-order valence-electron chi connectivity index (χ4n) is 2.07. The van der Waals surface area contributed by atoms with Crippen LogP contribution in [-0.4, -0.2) is 23.2 Å². The Morgan fingerprint density at radius 2 is 2.00 bits per heavy atom. The van der Waals surface area contributed by atoms with Crippen LogP contribution in [0.5, 0.6) is 5.75 Å². The van der Waals surface area contributed by atoms with Crippen molar-refractivity contribution in [2.24, 2.45) is 0 Å². The number of carbonyl (C=O) groups is 1. The molecule has 3 rings (SSSR count). The maximum Gasteiger partial charge on any atom is 0.335 e. The van der Waals surface area contributed by atoms with Crippen molar-refractivity contribution in [1.29, 1.82) is 0 Å². The van der Waals surface area contributed by atoms with E-state index < -0.39 is 5.97 Å². The van der Waals surface area contributed by atoms with E-state index in [2.05, 4.69) is 10.3 Å². The SMILES string of the molecule is COc1cccc(Nc2ncc(-c3ccc(C(=O)O)cc3)o2)c1. The zero-order valence-electron chi connectivity index (χ0n) is 12.3. The number of carboxylic acid groups (broad SMARTS) is 1. The Morgan fingerprint density at radius 1 is 1.22 bits per heavy atom. The van der Waals surface area contributed by atoms with E-state index in [0.29, 0.717) is 11.8 Å². The Hall–Kier alpha value is -3.28. The van der Waals surface area contributed by atoms with E-state index in [0.717, 1.165) is 17.0 Å². The summed E-state index contributed by atoms with van der Waals surface area (Å²) in [5.74, 6) is 0.313. The molecule has 0 saturated carbocycles. The van der Waals surface area contributed by atoms with Crippen LogP contribution in [0.25, 0.3) is 11.3 Å². The Kier molecular flexibility index (Phi) is 3.97. The molecule has 0 aliphatic heterocycles. The molecule has 2 N–H and O–H groups in total. The maximum atomic E-state index is 10.9. The second-order valence-corrected chi connectivity index (χ2v) is 4.77. The van der Waals surface area contributed by atoms with Gasteiger partial charge >= 0.3 is 5.97 Å². The van der Waals surface area contributed by atoms with E-state index in [-0.39, 0.29) is 5.56 Å². The molecule has 0 amide bonds. The standard InChI is InChI=1S/C17H14N2O4/c1-22-14-4-2-3-13(9-14)19-17-18-10-15(23-17)11-5-7-12(8-6-11)16(20)21/h2-10H,1H3,(H,18,19)(H,20,21). The molecule has 0 atom stereocenters. The van der Waals surface area contributed by atoms with Gasteiger partial charge in [0.15, 0.2) is 5.76 Å². The molecule has 0 aliphatic carbocycles.